The summed E-state index contributed by atoms with van der Waals surface area (Å²) in [5.74, 6) is 1.04. The molecule has 0 aromatic rings. The SMILES string of the molecule is OCCOC1CCN(CC2(CS)CC2)CC1. The van der Waals surface area contributed by atoms with Gasteiger partial charge in [0.15, 0.2) is 0 Å². The number of hydrogen-bond donors (Lipinski definition) is 2. The van der Waals surface area contributed by atoms with Gasteiger partial charge in [0.25, 0.3) is 0 Å². The molecule has 1 saturated carbocycles. The van der Waals surface area contributed by atoms with Gasteiger partial charge in [-0.2, -0.15) is 12.6 Å². The van der Waals surface area contributed by atoms with Crippen LogP contribution in [0, 0.1) is 5.41 Å². The minimum Gasteiger partial charge on any atom is -0.394 e. The van der Waals surface area contributed by atoms with Crippen LogP contribution < -0.4 is 0 Å². The Bertz CT molecular complexity index is 213. The van der Waals surface area contributed by atoms with Crippen molar-refractivity contribution in [3.63, 3.8) is 0 Å². The van der Waals surface area contributed by atoms with Gasteiger partial charge in [-0.05, 0) is 36.9 Å². The normalized spacial score (nSPS) is 25.9. The van der Waals surface area contributed by atoms with Crippen LogP contribution in [0.3, 0.4) is 0 Å². The number of likely N-dealkylation sites (tertiary alicyclic amines) is 1. The first-order valence-corrected chi connectivity index (χ1v) is 6.97. The lowest BCUT2D eigenvalue weighted by Crippen LogP contribution is -2.40. The highest BCUT2D eigenvalue weighted by Gasteiger charge is 2.42. The van der Waals surface area contributed by atoms with E-state index in [1.165, 1.54) is 19.4 Å². The van der Waals surface area contributed by atoms with E-state index in [-0.39, 0.29) is 6.61 Å². The monoisotopic (exact) mass is 245 g/mol. The van der Waals surface area contributed by atoms with E-state index in [4.69, 9.17) is 9.84 Å². The van der Waals surface area contributed by atoms with Crippen molar-refractivity contribution in [2.75, 3.05) is 38.6 Å². The number of piperidine rings is 1. The maximum absolute atomic E-state index is 8.70. The van der Waals surface area contributed by atoms with Crippen molar-refractivity contribution in [3.05, 3.63) is 0 Å². The van der Waals surface area contributed by atoms with Crippen molar-refractivity contribution in [1.29, 1.82) is 0 Å². The summed E-state index contributed by atoms with van der Waals surface area (Å²) in [5.41, 5.74) is 0.544. The van der Waals surface area contributed by atoms with E-state index in [2.05, 4.69) is 17.5 Å². The zero-order valence-electron chi connectivity index (χ0n) is 9.90. The van der Waals surface area contributed by atoms with Crippen LogP contribution >= 0.6 is 12.6 Å². The van der Waals surface area contributed by atoms with Crippen LogP contribution in [0.4, 0.5) is 0 Å². The molecule has 94 valence electrons. The average Bonchev–Trinajstić information content (AvgIpc) is 3.09. The Morgan fingerprint density at radius 2 is 2.00 bits per heavy atom. The number of aliphatic hydroxyl groups is 1. The van der Waals surface area contributed by atoms with Gasteiger partial charge in [-0.15, -0.1) is 0 Å². The van der Waals surface area contributed by atoms with Gasteiger partial charge in [-0.1, -0.05) is 0 Å². The molecule has 0 amide bonds. The van der Waals surface area contributed by atoms with Gasteiger partial charge < -0.3 is 14.7 Å². The Morgan fingerprint density at radius 1 is 1.31 bits per heavy atom. The second-order valence-corrected chi connectivity index (χ2v) is 5.54. The molecule has 2 rings (SSSR count). The van der Waals surface area contributed by atoms with E-state index in [0.717, 1.165) is 31.7 Å². The first kappa shape index (κ1) is 12.7. The van der Waals surface area contributed by atoms with Crippen molar-refractivity contribution in [2.45, 2.75) is 31.8 Å². The van der Waals surface area contributed by atoms with Crippen LogP contribution in [0.1, 0.15) is 25.7 Å². The Morgan fingerprint density at radius 3 is 2.50 bits per heavy atom. The van der Waals surface area contributed by atoms with Gasteiger partial charge in [-0.3, -0.25) is 0 Å². The van der Waals surface area contributed by atoms with Crippen LogP contribution in [-0.2, 0) is 4.74 Å². The molecule has 1 aliphatic carbocycles. The number of thiol groups is 1. The summed E-state index contributed by atoms with van der Waals surface area (Å²) in [6.45, 7) is 4.15. The molecule has 0 bridgehead atoms. The molecule has 1 heterocycles. The largest absolute Gasteiger partial charge is 0.394 e. The zero-order valence-corrected chi connectivity index (χ0v) is 10.8. The Labute approximate surface area is 104 Å². The summed E-state index contributed by atoms with van der Waals surface area (Å²) in [6.07, 6.45) is 5.31. The highest BCUT2D eigenvalue weighted by atomic mass is 32.1. The lowest BCUT2D eigenvalue weighted by atomic mass is 10.0. The molecular weight excluding hydrogens is 222 g/mol. The van der Waals surface area contributed by atoms with Crippen LogP contribution in [0.5, 0.6) is 0 Å². The number of hydrogen-bond acceptors (Lipinski definition) is 4. The molecule has 1 aliphatic heterocycles. The zero-order chi connectivity index (χ0) is 11.4. The number of ether oxygens (including phenoxy) is 1. The molecule has 0 atom stereocenters. The molecule has 0 radical (unpaired) electrons. The number of aliphatic hydroxyl groups excluding tert-OH is 1. The minimum atomic E-state index is 0.142. The summed E-state index contributed by atoms with van der Waals surface area (Å²) >= 11 is 4.45. The molecule has 0 spiro atoms. The summed E-state index contributed by atoms with van der Waals surface area (Å²) in [7, 11) is 0. The molecule has 2 aliphatic rings. The van der Waals surface area contributed by atoms with E-state index in [0.29, 0.717) is 18.1 Å². The molecule has 0 aromatic carbocycles. The standard InChI is InChI=1S/C12H23NO2S/c14-7-8-15-11-1-5-13(6-2-11)9-12(10-16)3-4-12/h11,14,16H,1-10H2. The topological polar surface area (TPSA) is 32.7 Å². The van der Waals surface area contributed by atoms with E-state index in [1.54, 1.807) is 0 Å². The van der Waals surface area contributed by atoms with E-state index in [1.807, 2.05) is 0 Å². The minimum absolute atomic E-state index is 0.142. The summed E-state index contributed by atoms with van der Waals surface area (Å²) in [6, 6.07) is 0. The van der Waals surface area contributed by atoms with Crippen LogP contribution in [0.2, 0.25) is 0 Å². The molecule has 16 heavy (non-hydrogen) atoms. The van der Waals surface area contributed by atoms with Crippen molar-refractivity contribution in [2.24, 2.45) is 5.41 Å². The van der Waals surface area contributed by atoms with Crippen LogP contribution in [0.15, 0.2) is 0 Å². The van der Waals surface area contributed by atoms with Gasteiger partial charge in [0, 0.05) is 19.6 Å². The summed E-state index contributed by atoms with van der Waals surface area (Å²) < 4.78 is 5.56. The van der Waals surface area contributed by atoms with Crippen molar-refractivity contribution in [1.82, 2.24) is 4.90 Å². The third kappa shape index (κ3) is 3.36. The first-order chi connectivity index (χ1) is 7.78. The van der Waals surface area contributed by atoms with E-state index in [9.17, 15) is 0 Å². The molecule has 0 unspecified atom stereocenters. The molecule has 4 heteroatoms. The fraction of sp³-hybridized carbons (Fsp3) is 1.00. The van der Waals surface area contributed by atoms with Crippen molar-refractivity contribution in [3.8, 4) is 0 Å². The predicted molar refractivity (Wildman–Crippen MR) is 68.0 cm³/mol. The average molecular weight is 245 g/mol. The molecule has 3 nitrogen and oxygen atoms in total. The molecule has 1 saturated heterocycles. The van der Waals surface area contributed by atoms with E-state index >= 15 is 0 Å². The highest BCUT2D eigenvalue weighted by molar-refractivity contribution is 7.80. The smallest absolute Gasteiger partial charge is 0.0701 e. The second-order valence-electron chi connectivity index (χ2n) is 5.23. The Kier molecular flexibility index (Phi) is 4.53. The quantitative estimate of drug-likeness (QED) is 0.689. The number of nitrogens with zero attached hydrogens (tertiary/aromatic N) is 1. The molecule has 0 aromatic heterocycles. The second kappa shape index (κ2) is 5.71. The molecule has 1 N–H and O–H groups in total. The fourth-order valence-corrected chi connectivity index (χ4v) is 2.89. The summed E-state index contributed by atoms with van der Waals surface area (Å²) in [4.78, 5) is 2.56. The first-order valence-electron chi connectivity index (χ1n) is 6.34. The van der Waals surface area contributed by atoms with Crippen LogP contribution in [0.25, 0.3) is 0 Å². The Balaban J connectivity index is 1.65. The molecular formula is C12H23NO2S. The van der Waals surface area contributed by atoms with Gasteiger partial charge in [0.1, 0.15) is 0 Å². The lowest BCUT2D eigenvalue weighted by molar-refractivity contribution is -0.0101. The lowest BCUT2D eigenvalue weighted by Gasteiger charge is -2.34. The van der Waals surface area contributed by atoms with Gasteiger partial charge in [0.2, 0.25) is 0 Å². The Hall–Kier alpha value is 0.230. The van der Waals surface area contributed by atoms with Gasteiger partial charge in [0.05, 0.1) is 19.3 Å². The van der Waals surface area contributed by atoms with Crippen LogP contribution in [-0.4, -0.2) is 54.7 Å². The third-order valence-corrected chi connectivity index (χ3v) is 4.50. The third-order valence-electron chi connectivity index (χ3n) is 3.83. The summed E-state index contributed by atoms with van der Waals surface area (Å²) in [5, 5.41) is 8.70. The van der Waals surface area contributed by atoms with E-state index < -0.39 is 0 Å². The number of rotatable bonds is 6. The van der Waals surface area contributed by atoms with Crippen molar-refractivity contribution < 1.29 is 9.84 Å². The molecule has 2 fully saturated rings. The maximum Gasteiger partial charge on any atom is 0.0701 e. The maximum atomic E-state index is 8.70. The fourth-order valence-electron chi connectivity index (χ4n) is 2.47. The van der Waals surface area contributed by atoms with Gasteiger partial charge in [-0.25, -0.2) is 0 Å². The van der Waals surface area contributed by atoms with Crippen molar-refractivity contribution >= 4 is 12.6 Å². The van der Waals surface area contributed by atoms with Gasteiger partial charge >= 0.3 is 0 Å². The predicted octanol–water partition coefficient (Wildman–Crippen LogP) is 1.17. The highest BCUT2D eigenvalue weighted by Crippen LogP contribution is 2.47.